The maximum absolute atomic E-state index is 12.8. The summed E-state index contributed by atoms with van der Waals surface area (Å²) in [5.74, 6) is -0.586. The Bertz CT molecular complexity index is 717. The van der Waals surface area contributed by atoms with Crippen molar-refractivity contribution >= 4 is 11.9 Å². The molecule has 2 rings (SSSR count). The van der Waals surface area contributed by atoms with Crippen LogP contribution in [0, 0.1) is 18.3 Å². The summed E-state index contributed by atoms with van der Waals surface area (Å²) < 4.78 is 10.6. The van der Waals surface area contributed by atoms with Crippen LogP contribution in [0.5, 0.6) is 5.75 Å². The van der Waals surface area contributed by atoms with Gasteiger partial charge in [-0.05, 0) is 38.8 Å². The molecule has 0 heterocycles. The normalized spacial score (nSPS) is 16.9. The molecule has 1 atom stereocenters. The number of benzene rings is 1. The van der Waals surface area contributed by atoms with E-state index in [-0.39, 0.29) is 11.5 Å². The summed E-state index contributed by atoms with van der Waals surface area (Å²) in [5.41, 5.74) is 0.360. The molecule has 1 fully saturated rings. The van der Waals surface area contributed by atoms with Gasteiger partial charge in [0.1, 0.15) is 16.9 Å². The van der Waals surface area contributed by atoms with E-state index in [2.05, 4.69) is 6.07 Å². The number of rotatable bonds is 5. The number of likely N-dealkylation sites (N-methyl/N-ethyl adjacent to an activating group) is 1. The molecule has 1 aromatic carbocycles. The highest BCUT2D eigenvalue weighted by molar-refractivity contribution is 5.95. The summed E-state index contributed by atoms with van der Waals surface area (Å²) >= 11 is 0. The summed E-state index contributed by atoms with van der Waals surface area (Å²) in [5, 5.41) is 9.63. The van der Waals surface area contributed by atoms with Crippen LogP contribution in [0.25, 0.3) is 0 Å². The van der Waals surface area contributed by atoms with Crippen molar-refractivity contribution in [3.8, 4) is 11.8 Å². The van der Waals surface area contributed by atoms with Gasteiger partial charge in [0.15, 0.2) is 6.10 Å². The van der Waals surface area contributed by atoms with Crippen LogP contribution in [0.2, 0.25) is 0 Å². The molecule has 0 bridgehead atoms. The van der Waals surface area contributed by atoms with E-state index in [1.54, 1.807) is 19.2 Å². The van der Waals surface area contributed by atoms with Gasteiger partial charge in [0, 0.05) is 7.05 Å². The van der Waals surface area contributed by atoms with Gasteiger partial charge in [-0.15, -0.1) is 0 Å². The minimum absolute atomic E-state index is 0.280. The molecule has 0 aliphatic heterocycles. The molecule has 0 unspecified atom stereocenters. The van der Waals surface area contributed by atoms with Crippen molar-refractivity contribution in [2.75, 3.05) is 14.2 Å². The highest BCUT2D eigenvalue weighted by Crippen LogP contribution is 2.33. The van der Waals surface area contributed by atoms with E-state index >= 15 is 0 Å². The molecule has 6 nitrogen and oxygen atoms in total. The fourth-order valence-electron chi connectivity index (χ4n) is 3.40. The monoisotopic (exact) mass is 358 g/mol. The summed E-state index contributed by atoms with van der Waals surface area (Å²) in [4.78, 5) is 26.7. The minimum atomic E-state index is -0.982. The average Bonchev–Trinajstić information content (AvgIpc) is 2.67. The van der Waals surface area contributed by atoms with Crippen molar-refractivity contribution in [3.05, 3.63) is 29.3 Å². The number of esters is 1. The maximum Gasteiger partial charge on any atom is 0.342 e. The Morgan fingerprint density at radius 1 is 1.27 bits per heavy atom. The van der Waals surface area contributed by atoms with E-state index in [0.29, 0.717) is 18.6 Å². The molecule has 1 aliphatic rings. The van der Waals surface area contributed by atoms with Gasteiger partial charge in [0.2, 0.25) is 0 Å². The Kier molecular flexibility index (Phi) is 6.25. The molecule has 1 aromatic rings. The highest BCUT2D eigenvalue weighted by atomic mass is 16.5. The van der Waals surface area contributed by atoms with E-state index < -0.39 is 17.6 Å². The molecule has 1 aliphatic carbocycles. The average molecular weight is 358 g/mol. The van der Waals surface area contributed by atoms with E-state index in [1.807, 2.05) is 13.0 Å². The van der Waals surface area contributed by atoms with E-state index in [1.165, 1.54) is 18.9 Å². The lowest BCUT2D eigenvalue weighted by molar-refractivity contribution is -0.143. The van der Waals surface area contributed by atoms with Crippen LogP contribution in [0.3, 0.4) is 0 Å². The molecular weight excluding hydrogens is 332 g/mol. The van der Waals surface area contributed by atoms with Crippen molar-refractivity contribution in [2.24, 2.45) is 0 Å². The summed E-state index contributed by atoms with van der Waals surface area (Å²) in [6, 6.07) is 7.50. The second-order valence-corrected chi connectivity index (χ2v) is 6.85. The number of nitriles is 1. The second-order valence-electron chi connectivity index (χ2n) is 6.85. The van der Waals surface area contributed by atoms with Crippen LogP contribution in [0.15, 0.2) is 18.2 Å². The first kappa shape index (κ1) is 19.8. The van der Waals surface area contributed by atoms with Gasteiger partial charge in [-0.25, -0.2) is 4.79 Å². The Morgan fingerprint density at radius 3 is 2.50 bits per heavy atom. The number of amides is 1. The van der Waals surface area contributed by atoms with Gasteiger partial charge < -0.3 is 14.4 Å². The number of carbonyl (C=O) groups is 2. The van der Waals surface area contributed by atoms with Crippen molar-refractivity contribution in [1.82, 2.24) is 4.90 Å². The molecule has 6 heteroatoms. The summed E-state index contributed by atoms with van der Waals surface area (Å²) in [6.45, 7) is 3.39. The second kappa shape index (κ2) is 8.22. The van der Waals surface area contributed by atoms with Gasteiger partial charge >= 0.3 is 5.97 Å². The Morgan fingerprint density at radius 2 is 1.92 bits per heavy atom. The largest absolute Gasteiger partial charge is 0.496 e. The smallest absolute Gasteiger partial charge is 0.342 e. The first-order valence-electron chi connectivity index (χ1n) is 8.89. The van der Waals surface area contributed by atoms with Crippen molar-refractivity contribution in [3.63, 3.8) is 0 Å². The lowest BCUT2D eigenvalue weighted by Crippen LogP contribution is -2.53. The number of hydrogen-bond donors (Lipinski definition) is 0. The van der Waals surface area contributed by atoms with Crippen LogP contribution < -0.4 is 4.74 Å². The molecule has 140 valence electrons. The number of nitrogens with zero attached hydrogens (tertiary/aromatic N) is 2. The molecule has 1 amide bonds. The topological polar surface area (TPSA) is 79.6 Å². The van der Waals surface area contributed by atoms with E-state index in [0.717, 1.165) is 24.8 Å². The number of carbonyl (C=O) groups excluding carboxylic acids is 2. The van der Waals surface area contributed by atoms with Crippen molar-refractivity contribution in [2.45, 2.75) is 57.6 Å². The van der Waals surface area contributed by atoms with Gasteiger partial charge in [0.05, 0.1) is 13.2 Å². The summed E-state index contributed by atoms with van der Waals surface area (Å²) in [6.07, 6.45) is 3.23. The predicted octanol–water partition coefficient (Wildman–Crippen LogP) is 3.23. The standard InChI is InChI=1S/C20H26N2O4/c1-14-8-9-17(25-4)16(12-14)19(24)26-15(2)18(23)22(3)20(13-21)10-6-5-7-11-20/h8-9,12,15H,5-7,10-11H2,1-4H3/t15-/m0/s1. The number of aryl methyl sites for hydroxylation is 1. The van der Waals surface area contributed by atoms with Gasteiger partial charge in [-0.3, -0.25) is 4.79 Å². The summed E-state index contributed by atoms with van der Waals surface area (Å²) in [7, 11) is 3.10. The molecule has 1 saturated carbocycles. The van der Waals surface area contributed by atoms with Crippen LogP contribution in [-0.4, -0.2) is 42.6 Å². The number of hydrogen-bond acceptors (Lipinski definition) is 5. The van der Waals surface area contributed by atoms with E-state index in [9.17, 15) is 14.9 Å². The first-order valence-corrected chi connectivity index (χ1v) is 8.89. The lowest BCUT2D eigenvalue weighted by Gasteiger charge is -2.39. The molecule has 0 radical (unpaired) electrons. The number of methoxy groups -OCH3 is 1. The van der Waals surface area contributed by atoms with Crippen LogP contribution in [0.4, 0.5) is 0 Å². The van der Waals surface area contributed by atoms with Gasteiger partial charge in [0.25, 0.3) is 5.91 Å². The minimum Gasteiger partial charge on any atom is -0.496 e. The van der Waals surface area contributed by atoms with Crippen LogP contribution in [0.1, 0.15) is 54.9 Å². The Balaban J connectivity index is 2.12. The zero-order valence-corrected chi connectivity index (χ0v) is 15.9. The van der Waals surface area contributed by atoms with Crippen LogP contribution >= 0.6 is 0 Å². The zero-order valence-electron chi connectivity index (χ0n) is 15.9. The van der Waals surface area contributed by atoms with Gasteiger partial charge in [-0.1, -0.05) is 30.9 Å². The molecule has 0 spiro atoms. The predicted molar refractivity (Wildman–Crippen MR) is 96.8 cm³/mol. The molecule has 0 N–H and O–H groups in total. The van der Waals surface area contributed by atoms with Gasteiger partial charge in [-0.2, -0.15) is 5.26 Å². The van der Waals surface area contributed by atoms with Crippen LogP contribution in [-0.2, 0) is 9.53 Å². The Labute approximate surface area is 154 Å². The third-order valence-corrected chi connectivity index (χ3v) is 5.07. The SMILES string of the molecule is COc1ccc(C)cc1C(=O)O[C@@H](C)C(=O)N(C)C1(C#N)CCCCC1. The maximum atomic E-state index is 12.8. The molecule has 0 saturated heterocycles. The van der Waals surface area contributed by atoms with E-state index in [4.69, 9.17) is 9.47 Å². The zero-order chi connectivity index (χ0) is 19.3. The van der Waals surface area contributed by atoms with Crippen molar-refractivity contribution < 1.29 is 19.1 Å². The first-order chi connectivity index (χ1) is 12.3. The molecular formula is C20H26N2O4. The van der Waals surface area contributed by atoms with Crippen molar-refractivity contribution in [1.29, 1.82) is 5.26 Å². The molecule has 26 heavy (non-hydrogen) atoms. The number of ether oxygens (including phenoxy) is 2. The third-order valence-electron chi connectivity index (χ3n) is 5.07. The highest BCUT2D eigenvalue weighted by Gasteiger charge is 2.40. The fourth-order valence-corrected chi connectivity index (χ4v) is 3.40. The Hall–Kier alpha value is -2.55. The quantitative estimate of drug-likeness (QED) is 0.755. The lowest BCUT2D eigenvalue weighted by atomic mass is 9.81. The third kappa shape index (κ3) is 3.98. The fraction of sp³-hybridized carbons (Fsp3) is 0.550. The molecule has 0 aromatic heterocycles.